The predicted octanol–water partition coefficient (Wildman–Crippen LogP) is 3.41. The van der Waals surface area contributed by atoms with Crippen molar-refractivity contribution >= 4 is 11.9 Å². The molecule has 0 aromatic heterocycles. The van der Waals surface area contributed by atoms with Crippen LogP contribution in [0.3, 0.4) is 0 Å². The number of rotatable bonds is 5. The van der Waals surface area contributed by atoms with E-state index in [0.717, 1.165) is 12.3 Å². The fourth-order valence-electron chi connectivity index (χ4n) is 2.85. The maximum absolute atomic E-state index is 9.10. The molecule has 0 aliphatic carbocycles. The lowest BCUT2D eigenvalue weighted by Gasteiger charge is -2.26. The van der Waals surface area contributed by atoms with Crippen molar-refractivity contribution in [3.8, 4) is 5.75 Å². The number of piperidine rings is 1. The van der Waals surface area contributed by atoms with E-state index in [0.29, 0.717) is 6.61 Å². The van der Waals surface area contributed by atoms with E-state index in [1.54, 1.807) is 0 Å². The Morgan fingerprint density at radius 1 is 0.852 bits per heavy atom. The van der Waals surface area contributed by atoms with Crippen LogP contribution in [0.25, 0.3) is 0 Å². The first-order valence-electron chi connectivity index (χ1n) is 8.99. The summed E-state index contributed by atoms with van der Waals surface area (Å²) in [6.45, 7) is 4.14. The number of nitrogens with zero attached hydrogens (tertiary/aromatic N) is 1. The zero-order chi connectivity index (χ0) is 19.5. The second-order valence-corrected chi connectivity index (χ2v) is 6.37. The monoisotopic (exact) mass is 371 g/mol. The lowest BCUT2D eigenvalue weighted by Crippen LogP contribution is -2.29. The minimum Gasteiger partial charge on any atom is -0.489 e. The Hall–Kier alpha value is -2.86. The molecule has 0 radical (unpaired) electrons. The molecule has 1 fully saturated rings. The Labute approximate surface area is 159 Å². The van der Waals surface area contributed by atoms with Gasteiger partial charge < -0.3 is 14.9 Å². The number of benzene rings is 2. The predicted molar refractivity (Wildman–Crippen MR) is 102 cm³/mol. The summed E-state index contributed by atoms with van der Waals surface area (Å²) in [5.74, 6) is -2.68. The molecule has 1 aliphatic heterocycles. The van der Waals surface area contributed by atoms with Gasteiger partial charge in [-0.05, 0) is 49.2 Å². The smallest absolute Gasteiger partial charge is 0.414 e. The maximum atomic E-state index is 9.10. The molecule has 2 aromatic carbocycles. The summed E-state index contributed by atoms with van der Waals surface area (Å²) < 4.78 is 5.90. The van der Waals surface area contributed by atoms with Crippen LogP contribution in [-0.2, 0) is 22.7 Å². The highest BCUT2D eigenvalue weighted by Crippen LogP contribution is 2.18. The zero-order valence-electron chi connectivity index (χ0n) is 15.2. The molecule has 6 nitrogen and oxygen atoms in total. The molecule has 0 amide bonds. The molecule has 6 heteroatoms. The second kappa shape index (κ2) is 11.0. The molecular formula is C21H25NO5. The van der Waals surface area contributed by atoms with Crippen molar-refractivity contribution in [1.29, 1.82) is 0 Å². The number of carbonyl (C=O) groups is 2. The molecule has 0 unspecified atom stereocenters. The Bertz CT molecular complexity index is 714. The van der Waals surface area contributed by atoms with Crippen molar-refractivity contribution in [2.75, 3.05) is 13.1 Å². The third-order valence-corrected chi connectivity index (χ3v) is 4.18. The lowest BCUT2D eigenvalue weighted by molar-refractivity contribution is -0.159. The highest BCUT2D eigenvalue weighted by atomic mass is 16.5. The lowest BCUT2D eigenvalue weighted by atomic mass is 10.1. The standard InChI is InChI=1S/C19H23NO.C2H2O4/c1-3-8-17(9-4-1)16-21-19-11-7-10-18(14-19)15-20-12-5-2-6-13-20;3-1(4)2(5)6/h1,3-4,7-11,14H,2,5-6,12-13,15-16H2;(H,3,4)(H,5,6). The molecule has 2 N–H and O–H groups in total. The molecule has 27 heavy (non-hydrogen) atoms. The van der Waals surface area contributed by atoms with Crippen LogP contribution in [-0.4, -0.2) is 40.1 Å². The van der Waals surface area contributed by atoms with Crippen molar-refractivity contribution in [3.63, 3.8) is 0 Å². The number of likely N-dealkylation sites (tertiary alicyclic amines) is 1. The summed E-state index contributed by atoms with van der Waals surface area (Å²) in [5, 5.41) is 14.8. The first kappa shape index (κ1) is 20.5. The van der Waals surface area contributed by atoms with Gasteiger partial charge >= 0.3 is 11.9 Å². The summed E-state index contributed by atoms with van der Waals surface area (Å²) in [4.78, 5) is 20.7. The first-order chi connectivity index (χ1) is 13.0. The van der Waals surface area contributed by atoms with Gasteiger partial charge in [0, 0.05) is 6.54 Å². The molecule has 0 saturated carbocycles. The van der Waals surface area contributed by atoms with Crippen molar-refractivity contribution in [3.05, 3.63) is 65.7 Å². The van der Waals surface area contributed by atoms with Crippen LogP contribution in [0.1, 0.15) is 30.4 Å². The van der Waals surface area contributed by atoms with Crippen LogP contribution in [0.2, 0.25) is 0 Å². The fourth-order valence-corrected chi connectivity index (χ4v) is 2.85. The maximum Gasteiger partial charge on any atom is 0.414 e. The molecular weight excluding hydrogens is 346 g/mol. The van der Waals surface area contributed by atoms with E-state index in [1.165, 1.54) is 43.5 Å². The van der Waals surface area contributed by atoms with Crippen LogP contribution in [0.4, 0.5) is 0 Å². The van der Waals surface area contributed by atoms with E-state index >= 15 is 0 Å². The summed E-state index contributed by atoms with van der Waals surface area (Å²) in [6, 6.07) is 18.8. The molecule has 1 aliphatic rings. The zero-order valence-corrected chi connectivity index (χ0v) is 15.2. The number of aliphatic carboxylic acids is 2. The Balaban J connectivity index is 0.000000380. The summed E-state index contributed by atoms with van der Waals surface area (Å²) >= 11 is 0. The SMILES string of the molecule is O=C(O)C(=O)O.c1ccc(COc2cccc(CN3CCCCC3)c2)cc1. The van der Waals surface area contributed by atoms with Crippen molar-refractivity contribution < 1.29 is 24.5 Å². The molecule has 1 heterocycles. The molecule has 2 aromatic rings. The summed E-state index contributed by atoms with van der Waals surface area (Å²) in [6.07, 6.45) is 4.06. The molecule has 0 bridgehead atoms. The Morgan fingerprint density at radius 2 is 1.48 bits per heavy atom. The van der Waals surface area contributed by atoms with Crippen LogP contribution in [0, 0.1) is 0 Å². The fraction of sp³-hybridized carbons (Fsp3) is 0.333. The quantitative estimate of drug-likeness (QED) is 0.783. The average Bonchev–Trinajstić information content (AvgIpc) is 2.69. The van der Waals surface area contributed by atoms with Crippen LogP contribution in [0.5, 0.6) is 5.75 Å². The molecule has 0 atom stereocenters. The molecule has 1 saturated heterocycles. The van der Waals surface area contributed by atoms with Crippen LogP contribution in [0.15, 0.2) is 54.6 Å². The molecule has 3 rings (SSSR count). The van der Waals surface area contributed by atoms with Gasteiger partial charge in [-0.2, -0.15) is 0 Å². The number of ether oxygens (including phenoxy) is 1. The van der Waals surface area contributed by atoms with E-state index in [2.05, 4.69) is 35.2 Å². The number of carboxylic acids is 2. The second-order valence-electron chi connectivity index (χ2n) is 6.37. The van der Waals surface area contributed by atoms with Crippen molar-refractivity contribution in [2.45, 2.75) is 32.4 Å². The van der Waals surface area contributed by atoms with Gasteiger partial charge in [0.1, 0.15) is 12.4 Å². The summed E-state index contributed by atoms with van der Waals surface area (Å²) in [5.41, 5.74) is 2.56. The van der Waals surface area contributed by atoms with Gasteiger partial charge in [-0.25, -0.2) is 9.59 Å². The average molecular weight is 371 g/mol. The van der Waals surface area contributed by atoms with Crippen molar-refractivity contribution in [2.24, 2.45) is 0 Å². The van der Waals surface area contributed by atoms with Gasteiger partial charge in [0.15, 0.2) is 0 Å². The largest absolute Gasteiger partial charge is 0.489 e. The highest BCUT2D eigenvalue weighted by molar-refractivity contribution is 6.27. The third kappa shape index (κ3) is 7.92. The normalized spacial score (nSPS) is 13.9. The van der Waals surface area contributed by atoms with E-state index in [4.69, 9.17) is 24.5 Å². The van der Waals surface area contributed by atoms with Gasteiger partial charge in [0.05, 0.1) is 0 Å². The summed E-state index contributed by atoms with van der Waals surface area (Å²) in [7, 11) is 0. The minimum atomic E-state index is -1.82. The number of hydrogen-bond acceptors (Lipinski definition) is 4. The van der Waals surface area contributed by atoms with E-state index in [-0.39, 0.29) is 0 Å². The number of carboxylic acid groups (broad SMARTS) is 2. The van der Waals surface area contributed by atoms with Gasteiger partial charge in [0.2, 0.25) is 0 Å². The highest BCUT2D eigenvalue weighted by Gasteiger charge is 2.10. The Kier molecular flexibility index (Phi) is 8.32. The van der Waals surface area contributed by atoms with Gasteiger partial charge in [-0.1, -0.05) is 48.9 Å². The minimum absolute atomic E-state index is 0.633. The van der Waals surface area contributed by atoms with Gasteiger partial charge in [-0.15, -0.1) is 0 Å². The van der Waals surface area contributed by atoms with Crippen LogP contribution < -0.4 is 4.74 Å². The van der Waals surface area contributed by atoms with E-state index in [1.807, 2.05) is 24.3 Å². The van der Waals surface area contributed by atoms with E-state index < -0.39 is 11.9 Å². The third-order valence-electron chi connectivity index (χ3n) is 4.18. The molecule has 0 spiro atoms. The van der Waals surface area contributed by atoms with Crippen molar-refractivity contribution in [1.82, 2.24) is 4.90 Å². The number of hydrogen-bond donors (Lipinski definition) is 2. The Morgan fingerprint density at radius 3 is 2.11 bits per heavy atom. The topological polar surface area (TPSA) is 87.1 Å². The molecule has 144 valence electrons. The first-order valence-corrected chi connectivity index (χ1v) is 8.99. The van der Waals surface area contributed by atoms with E-state index in [9.17, 15) is 0 Å². The van der Waals surface area contributed by atoms with Gasteiger partial charge in [-0.3, -0.25) is 4.90 Å². The van der Waals surface area contributed by atoms with Gasteiger partial charge in [0.25, 0.3) is 0 Å². The van der Waals surface area contributed by atoms with Crippen LogP contribution >= 0.6 is 0 Å².